The predicted octanol–water partition coefficient (Wildman–Crippen LogP) is 1.00. The van der Waals surface area contributed by atoms with Crippen molar-refractivity contribution in [3.63, 3.8) is 0 Å². The highest BCUT2D eigenvalue weighted by Crippen LogP contribution is 2.14. The standard InChI is InChI=1S/C7H9BrO4/c1-4(6(9)11-2)5(8)7(10)12-3/h1-3H3/b5-4+. The Hall–Kier alpha value is -0.840. The molecule has 0 saturated carbocycles. The molecule has 12 heavy (non-hydrogen) atoms. The molecular weight excluding hydrogens is 228 g/mol. The molecule has 0 heterocycles. The Morgan fingerprint density at radius 2 is 1.50 bits per heavy atom. The van der Waals surface area contributed by atoms with Crippen LogP contribution in [0.4, 0.5) is 0 Å². The van der Waals surface area contributed by atoms with Gasteiger partial charge in [-0.05, 0) is 22.9 Å². The van der Waals surface area contributed by atoms with E-state index in [-0.39, 0.29) is 10.1 Å². The van der Waals surface area contributed by atoms with Crippen molar-refractivity contribution in [2.75, 3.05) is 14.2 Å². The smallest absolute Gasteiger partial charge is 0.345 e. The van der Waals surface area contributed by atoms with Crippen LogP contribution in [0.2, 0.25) is 0 Å². The lowest BCUT2D eigenvalue weighted by molar-refractivity contribution is -0.138. The zero-order valence-electron chi connectivity index (χ0n) is 7.01. The first-order valence-electron chi connectivity index (χ1n) is 3.07. The minimum absolute atomic E-state index is 0.0804. The van der Waals surface area contributed by atoms with Gasteiger partial charge in [0.25, 0.3) is 0 Å². The van der Waals surface area contributed by atoms with Crippen LogP contribution in [0, 0.1) is 0 Å². The number of rotatable bonds is 2. The SMILES string of the molecule is COC(=O)/C(C)=C(/Br)C(=O)OC. The molecule has 4 nitrogen and oxygen atoms in total. The molecule has 0 aliphatic heterocycles. The first-order valence-corrected chi connectivity index (χ1v) is 3.86. The molecule has 0 N–H and O–H groups in total. The lowest BCUT2D eigenvalue weighted by atomic mass is 10.3. The van der Waals surface area contributed by atoms with Crippen molar-refractivity contribution in [1.29, 1.82) is 0 Å². The molecule has 0 radical (unpaired) electrons. The van der Waals surface area contributed by atoms with Crippen LogP contribution in [-0.2, 0) is 19.1 Å². The van der Waals surface area contributed by atoms with Crippen LogP contribution in [0.15, 0.2) is 10.1 Å². The molecule has 0 saturated heterocycles. The lowest BCUT2D eigenvalue weighted by Crippen LogP contribution is -2.09. The van der Waals surface area contributed by atoms with Gasteiger partial charge in [0.1, 0.15) is 4.48 Å². The Balaban J connectivity index is 4.68. The second-order valence-corrected chi connectivity index (χ2v) is 2.72. The summed E-state index contributed by atoms with van der Waals surface area (Å²) in [6, 6.07) is 0. The normalized spacial score (nSPS) is 11.7. The summed E-state index contributed by atoms with van der Waals surface area (Å²) in [5.74, 6) is -1.16. The highest BCUT2D eigenvalue weighted by molar-refractivity contribution is 9.12. The van der Waals surface area contributed by atoms with Gasteiger partial charge in [-0.1, -0.05) is 0 Å². The molecule has 0 aromatic carbocycles. The van der Waals surface area contributed by atoms with Gasteiger partial charge in [0.05, 0.1) is 19.8 Å². The average Bonchev–Trinajstić information content (AvgIpc) is 2.12. The molecular formula is C7H9BrO4. The van der Waals surface area contributed by atoms with Gasteiger partial charge in [-0.15, -0.1) is 0 Å². The minimum Gasteiger partial charge on any atom is -0.466 e. The molecule has 0 unspecified atom stereocenters. The van der Waals surface area contributed by atoms with E-state index in [9.17, 15) is 9.59 Å². The van der Waals surface area contributed by atoms with Gasteiger partial charge >= 0.3 is 11.9 Å². The fraction of sp³-hybridized carbons (Fsp3) is 0.429. The van der Waals surface area contributed by atoms with Crippen LogP contribution in [-0.4, -0.2) is 26.2 Å². The Bertz CT molecular complexity index is 208. The van der Waals surface area contributed by atoms with E-state index in [4.69, 9.17) is 0 Å². The van der Waals surface area contributed by atoms with Crippen LogP contribution in [0.1, 0.15) is 6.92 Å². The van der Waals surface area contributed by atoms with Crippen molar-refractivity contribution in [1.82, 2.24) is 0 Å². The first kappa shape index (κ1) is 11.2. The van der Waals surface area contributed by atoms with Crippen molar-refractivity contribution in [3.05, 3.63) is 10.1 Å². The van der Waals surface area contributed by atoms with Crippen molar-refractivity contribution >= 4 is 27.9 Å². The fourth-order valence-corrected chi connectivity index (χ4v) is 0.809. The lowest BCUT2D eigenvalue weighted by Gasteiger charge is -2.01. The number of hydrogen-bond donors (Lipinski definition) is 0. The van der Waals surface area contributed by atoms with Gasteiger partial charge in [0.15, 0.2) is 0 Å². The van der Waals surface area contributed by atoms with Gasteiger partial charge in [0.2, 0.25) is 0 Å². The summed E-state index contributed by atoms with van der Waals surface area (Å²) in [6.45, 7) is 1.47. The Morgan fingerprint density at radius 3 is 1.83 bits per heavy atom. The number of carbonyl (C=O) groups excluding carboxylic acids is 2. The van der Waals surface area contributed by atoms with Crippen LogP contribution in [0.5, 0.6) is 0 Å². The molecule has 0 atom stereocenters. The molecule has 0 fully saturated rings. The molecule has 0 amide bonds. The van der Waals surface area contributed by atoms with Gasteiger partial charge in [-0.25, -0.2) is 9.59 Å². The zero-order valence-corrected chi connectivity index (χ0v) is 8.60. The van der Waals surface area contributed by atoms with E-state index in [1.54, 1.807) is 0 Å². The first-order chi connectivity index (χ1) is 5.54. The van der Waals surface area contributed by atoms with Crippen LogP contribution in [0.3, 0.4) is 0 Å². The number of esters is 2. The van der Waals surface area contributed by atoms with Crippen molar-refractivity contribution in [2.45, 2.75) is 6.92 Å². The highest BCUT2D eigenvalue weighted by Gasteiger charge is 2.15. The van der Waals surface area contributed by atoms with Crippen LogP contribution < -0.4 is 0 Å². The Labute approximate surface area is 78.7 Å². The second-order valence-electron chi connectivity index (χ2n) is 1.92. The molecule has 0 aliphatic rings. The van der Waals surface area contributed by atoms with E-state index in [2.05, 4.69) is 25.4 Å². The molecule has 0 aromatic rings. The molecule has 0 bridgehead atoms. The molecule has 68 valence electrons. The molecule has 0 aliphatic carbocycles. The summed E-state index contributed by atoms with van der Waals surface area (Å²) in [5.41, 5.74) is 0.185. The monoisotopic (exact) mass is 236 g/mol. The quantitative estimate of drug-likeness (QED) is 0.531. The van der Waals surface area contributed by atoms with E-state index < -0.39 is 11.9 Å². The van der Waals surface area contributed by atoms with Gasteiger partial charge in [-0.2, -0.15) is 0 Å². The second kappa shape index (κ2) is 4.92. The molecule has 0 aromatic heterocycles. The average molecular weight is 237 g/mol. The van der Waals surface area contributed by atoms with E-state index in [0.29, 0.717) is 0 Å². The van der Waals surface area contributed by atoms with Crippen molar-refractivity contribution < 1.29 is 19.1 Å². The summed E-state index contributed by atoms with van der Waals surface area (Å²) < 4.78 is 8.85. The third-order valence-electron chi connectivity index (χ3n) is 1.19. The zero-order chi connectivity index (χ0) is 9.72. The fourth-order valence-electron chi connectivity index (χ4n) is 0.485. The summed E-state index contributed by atoms with van der Waals surface area (Å²) in [5, 5.41) is 0. The Kier molecular flexibility index (Phi) is 4.58. The molecule has 5 heteroatoms. The largest absolute Gasteiger partial charge is 0.466 e. The summed E-state index contributed by atoms with van der Waals surface area (Å²) in [6.07, 6.45) is 0. The van der Waals surface area contributed by atoms with Crippen molar-refractivity contribution in [3.8, 4) is 0 Å². The van der Waals surface area contributed by atoms with Gasteiger partial charge in [0, 0.05) is 0 Å². The number of methoxy groups -OCH3 is 2. The maximum absolute atomic E-state index is 10.9. The topological polar surface area (TPSA) is 52.6 Å². The third kappa shape index (κ3) is 2.65. The van der Waals surface area contributed by atoms with Crippen LogP contribution >= 0.6 is 15.9 Å². The van der Waals surface area contributed by atoms with E-state index >= 15 is 0 Å². The maximum Gasteiger partial charge on any atom is 0.345 e. The molecule has 0 rings (SSSR count). The predicted molar refractivity (Wildman–Crippen MR) is 45.7 cm³/mol. The third-order valence-corrected chi connectivity index (χ3v) is 2.10. The maximum atomic E-state index is 10.9. The number of ether oxygens (including phenoxy) is 2. The number of hydrogen-bond acceptors (Lipinski definition) is 4. The van der Waals surface area contributed by atoms with Crippen LogP contribution in [0.25, 0.3) is 0 Å². The number of halogens is 1. The summed E-state index contributed by atoms with van der Waals surface area (Å²) in [4.78, 5) is 21.7. The minimum atomic E-state index is -0.599. The van der Waals surface area contributed by atoms with Gasteiger partial charge < -0.3 is 9.47 Å². The highest BCUT2D eigenvalue weighted by atomic mass is 79.9. The number of carbonyl (C=O) groups is 2. The summed E-state index contributed by atoms with van der Waals surface area (Å²) in [7, 11) is 2.47. The molecule has 0 spiro atoms. The Morgan fingerprint density at radius 1 is 1.08 bits per heavy atom. The van der Waals surface area contributed by atoms with E-state index in [1.807, 2.05) is 0 Å². The van der Waals surface area contributed by atoms with Crippen molar-refractivity contribution in [2.24, 2.45) is 0 Å². The summed E-state index contributed by atoms with van der Waals surface area (Å²) >= 11 is 2.91. The van der Waals surface area contributed by atoms with E-state index in [0.717, 1.165) is 0 Å². The van der Waals surface area contributed by atoms with E-state index in [1.165, 1.54) is 21.1 Å². The van der Waals surface area contributed by atoms with Gasteiger partial charge in [-0.3, -0.25) is 0 Å².